The zero-order chi connectivity index (χ0) is 11.1. The van der Waals surface area contributed by atoms with Crippen molar-refractivity contribution in [1.29, 1.82) is 0 Å². The van der Waals surface area contributed by atoms with Gasteiger partial charge in [-0.3, -0.25) is 0 Å². The number of hydrogen-bond donors (Lipinski definition) is 2. The van der Waals surface area contributed by atoms with Crippen LogP contribution in [0.25, 0.3) is 0 Å². The molecule has 0 bridgehead atoms. The summed E-state index contributed by atoms with van der Waals surface area (Å²) in [6.07, 6.45) is 1.23. The van der Waals surface area contributed by atoms with Crippen molar-refractivity contribution < 1.29 is 24.2 Å². The molecule has 0 amide bonds. The van der Waals surface area contributed by atoms with Crippen molar-refractivity contribution in [2.24, 2.45) is 0 Å². The number of unbranched alkanes of at least 4 members (excludes halogenated alkanes) is 1. The second-order valence-electron chi connectivity index (χ2n) is 2.99. The first-order chi connectivity index (χ1) is 7.27. The summed E-state index contributed by atoms with van der Waals surface area (Å²) in [5.41, 5.74) is 0. The van der Waals surface area contributed by atoms with E-state index < -0.39 is 5.97 Å². The normalized spacial score (nSPS) is 10.3. The van der Waals surface area contributed by atoms with Crippen LogP contribution in [0.2, 0.25) is 0 Å². The molecule has 1 rings (SSSR count). The number of ether oxygens (including phenoxy) is 1. The molecule has 0 radical (unpaired) electrons. The van der Waals surface area contributed by atoms with E-state index in [2.05, 4.69) is 0 Å². The van der Waals surface area contributed by atoms with E-state index in [1.807, 2.05) is 0 Å². The summed E-state index contributed by atoms with van der Waals surface area (Å²) in [5.74, 6) is -0.131. The van der Waals surface area contributed by atoms with Crippen LogP contribution >= 0.6 is 0 Å². The minimum Gasteiger partial charge on any atom is -0.460 e. The van der Waals surface area contributed by atoms with E-state index in [0.29, 0.717) is 18.6 Å². The quantitative estimate of drug-likeness (QED) is 0.538. The molecule has 84 valence electrons. The van der Waals surface area contributed by atoms with Gasteiger partial charge in [0, 0.05) is 6.61 Å². The molecule has 2 N–H and O–H groups in total. The summed E-state index contributed by atoms with van der Waals surface area (Å²) in [5, 5.41) is 17.2. The Hall–Kier alpha value is -1.33. The Morgan fingerprint density at radius 2 is 2.13 bits per heavy atom. The minimum atomic E-state index is -0.548. The molecule has 0 aromatic carbocycles. The maximum Gasteiger partial charge on any atom is 0.374 e. The van der Waals surface area contributed by atoms with Gasteiger partial charge in [-0.05, 0) is 25.0 Å². The predicted octanol–water partition coefficient (Wildman–Crippen LogP) is 0.701. The first kappa shape index (κ1) is 11.7. The highest BCUT2D eigenvalue weighted by Gasteiger charge is 2.11. The van der Waals surface area contributed by atoms with E-state index in [9.17, 15) is 4.79 Å². The van der Waals surface area contributed by atoms with Gasteiger partial charge in [-0.25, -0.2) is 4.79 Å². The minimum absolute atomic E-state index is 0.0862. The smallest absolute Gasteiger partial charge is 0.374 e. The standard InChI is InChI=1S/C10H14O5/c11-5-1-2-6-14-10(13)9-4-3-8(7-12)15-9/h3-4,11-12H,1-2,5-7H2. The molecule has 0 unspecified atom stereocenters. The van der Waals surface area contributed by atoms with E-state index in [0.717, 1.165) is 0 Å². The fourth-order valence-corrected chi connectivity index (χ4v) is 1.02. The monoisotopic (exact) mass is 214 g/mol. The number of hydrogen-bond acceptors (Lipinski definition) is 5. The van der Waals surface area contributed by atoms with Crippen LogP contribution in [0.15, 0.2) is 16.5 Å². The molecule has 15 heavy (non-hydrogen) atoms. The summed E-state index contributed by atoms with van der Waals surface area (Å²) in [4.78, 5) is 11.3. The average molecular weight is 214 g/mol. The molecule has 0 atom stereocenters. The van der Waals surface area contributed by atoms with Gasteiger partial charge in [-0.15, -0.1) is 0 Å². The molecule has 0 aliphatic rings. The highest BCUT2D eigenvalue weighted by molar-refractivity contribution is 5.86. The van der Waals surface area contributed by atoms with E-state index in [4.69, 9.17) is 19.4 Å². The number of aliphatic hydroxyl groups excluding tert-OH is 2. The molecule has 1 heterocycles. The molecule has 1 aromatic rings. The van der Waals surface area contributed by atoms with Crippen molar-refractivity contribution in [1.82, 2.24) is 0 Å². The Morgan fingerprint density at radius 1 is 1.33 bits per heavy atom. The first-order valence-electron chi connectivity index (χ1n) is 4.75. The van der Waals surface area contributed by atoms with Crippen LogP contribution in [0.1, 0.15) is 29.2 Å². The summed E-state index contributed by atoms with van der Waals surface area (Å²) < 4.78 is 9.84. The van der Waals surface area contributed by atoms with Gasteiger partial charge >= 0.3 is 5.97 Å². The van der Waals surface area contributed by atoms with Crippen molar-refractivity contribution in [3.05, 3.63) is 23.7 Å². The SMILES string of the molecule is O=C(OCCCCO)c1ccc(CO)o1. The fraction of sp³-hybridized carbons (Fsp3) is 0.500. The zero-order valence-corrected chi connectivity index (χ0v) is 8.31. The van der Waals surface area contributed by atoms with Crippen LogP contribution in [0.3, 0.4) is 0 Å². The number of furan rings is 1. The van der Waals surface area contributed by atoms with Crippen molar-refractivity contribution in [2.75, 3.05) is 13.2 Å². The van der Waals surface area contributed by atoms with Crippen LogP contribution in [0.5, 0.6) is 0 Å². The van der Waals surface area contributed by atoms with Gasteiger partial charge in [0.1, 0.15) is 12.4 Å². The van der Waals surface area contributed by atoms with E-state index >= 15 is 0 Å². The van der Waals surface area contributed by atoms with Crippen molar-refractivity contribution in [3.63, 3.8) is 0 Å². The number of carbonyl (C=O) groups excluding carboxylic acids is 1. The lowest BCUT2D eigenvalue weighted by molar-refractivity contribution is 0.0452. The van der Waals surface area contributed by atoms with Gasteiger partial charge in [-0.2, -0.15) is 0 Å². The van der Waals surface area contributed by atoms with Gasteiger partial charge < -0.3 is 19.4 Å². The second kappa shape index (κ2) is 6.21. The van der Waals surface area contributed by atoms with Crippen LogP contribution in [0, 0.1) is 0 Å². The first-order valence-corrected chi connectivity index (χ1v) is 4.75. The van der Waals surface area contributed by atoms with E-state index in [1.54, 1.807) is 0 Å². The van der Waals surface area contributed by atoms with Crippen LogP contribution in [0.4, 0.5) is 0 Å². The molecule has 0 saturated heterocycles. The number of rotatable bonds is 6. The fourth-order valence-electron chi connectivity index (χ4n) is 1.02. The maximum atomic E-state index is 11.3. The third-order valence-electron chi connectivity index (χ3n) is 1.80. The summed E-state index contributed by atoms with van der Waals surface area (Å²) in [7, 11) is 0. The number of carbonyl (C=O) groups is 1. The van der Waals surface area contributed by atoms with Gasteiger partial charge in [0.15, 0.2) is 0 Å². The number of aliphatic hydroxyl groups is 2. The molecule has 0 spiro atoms. The Kier molecular flexibility index (Phi) is 4.86. The van der Waals surface area contributed by atoms with E-state index in [1.165, 1.54) is 12.1 Å². The van der Waals surface area contributed by atoms with Gasteiger partial charge in [0.25, 0.3) is 0 Å². The molecule has 0 aliphatic heterocycles. The van der Waals surface area contributed by atoms with Crippen molar-refractivity contribution in [3.8, 4) is 0 Å². The molecule has 5 heteroatoms. The summed E-state index contributed by atoms with van der Waals surface area (Å²) in [6, 6.07) is 2.98. The molecule has 0 saturated carbocycles. The topological polar surface area (TPSA) is 79.9 Å². The predicted molar refractivity (Wildman–Crippen MR) is 51.2 cm³/mol. The van der Waals surface area contributed by atoms with E-state index in [-0.39, 0.29) is 25.6 Å². The highest BCUT2D eigenvalue weighted by atomic mass is 16.5. The summed E-state index contributed by atoms with van der Waals surface area (Å²) in [6.45, 7) is 0.110. The average Bonchev–Trinajstić information content (AvgIpc) is 2.72. The molecular weight excluding hydrogens is 200 g/mol. The van der Waals surface area contributed by atoms with Gasteiger partial charge in [-0.1, -0.05) is 0 Å². The Morgan fingerprint density at radius 3 is 2.73 bits per heavy atom. The van der Waals surface area contributed by atoms with Crippen molar-refractivity contribution >= 4 is 5.97 Å². The molecule has 1 aromatic heterocycles. The molecule has 0 fully saturated rings. The van der Waals surface area contributed by atoms with Crippen molar-refractivity contribution in [2.45, 2.75) is 19.4 Å². The maximum absolute atomic E-state index is 11.3. The summed E-state index contributed by atoms with van der Waals surface area (Å²) >= 11 is 0. The Bertz CT molecular complexity index is 305. The van der Waals surface area contributed by atoms with Crippen LogP contribution in [-0.4, -0.2) is 29.4 Å². The second-order valence-corrected chi connectivity index (χ2v) is 2.99. The highest BCUT2D eigenvalue weighted by Crippen LogP contribution is 2.09. The Balaban J connectivity index is 2.33. The number of esters is 1. The largest absolute Gasteiger partial charge is 0.460 e. The third-order valence-corrected chi connectivity index (χ3v) is 1.80. The molecular formula is C10H14O5. The van der Waals surface area contributed by atoms with Gasteiger partial charge in [0.2, 0.25) is 5.76 Å². The molecule has 0 aliphatic carbocycles. The van der Waals surface area contributed by atoms with Crippen LogP contribution in [-0.2, 0) is 11.3 Å². The Labute approximate surface area is 87.3 Å². The lowest BCUT2D eigenvalue weighted by atomic mass is 10.3. The molecule has 5 nitrogen and oxygen atoms in total. The zero-order valence-electron chi connectivity index (χ0n) is 8.31. The van der Waals surface area contributed by atoms with Gasteiger partial charge in [0.05, 0.1) is 6.61 Å². The van der Waals surface area contributed by atoms with Crippen LogP contribution < -0.4 is 0 Å². The lowest BCUT2D eigenvalue weighted by Gasteiger charge is -2.01. The third kappa shape index (κ3) is 3.73. The lowest BCUT2D eigenvalue weighted by Crippen LogP contribution is -2.05.